The first-order chi connectivity index (χ1) is 26.3. The number of pyridine rings is 1. The zero-order valence-corrected chi connectivity index (χ0v) is 28.6. The van der Waals surface area contributed by atoms with E-state index in [1.54, 1.807) is 0 Å². The quantitative estimate of drug-likeness (QED) is 0.138. The van der Waals surface area contributed by atoms with Gasteiger partial charge in [-0.25, -0.2) is 0 Å². The molecule has 11 rings (SSSR count). The van der Waals surface area contributed by atoms with Gasteiger partial charge in [0.1, 0.15) is 0 Å². The molecule has 3 heteroatoms. The average Bonchev–Trinajstić information content (AvgIpc) is 3.57. The minimum absolute atomic E-state index is 0.693. The summed E-state index contributed by atoms with van der Waals surface area (Å²) in [6.07, 6.45) is 3.77. The molecule has 0 spiro atoms. The molecule has 0 aliphatic heterocycles. The van der Waals surface area contributed by atoms with Crippen molar-refractivity contribution in [1.29, 1.82) is 5.26 Å². The Bertz CT molecular complexity index is 3220. The molecule has 244 valence electrons. The van der Waals surface area contributed by atoms with Gasteiger partial charge in [-0.05, 0) is 102 Å². The van der Waals surface area contributed by atoms with Gasteiger partial charge < -0.3 is 4.57 Å². The van der Waals surface area contributed by atoms with Crippen LogP contribution in [-0.2, 0) is 0 Å². The summed E-state index contributed by atoms with van der Waals surface area (Å²) in [6.45, 7) is 0. The molecule has 2 heterocycles. The lowest BCUT2D eigenvalue weighted by molar-refractivity contribution is 1.18. The van der Waals surface area contributed by atoms with Crippen LogP contribution in [0.2, 0.25) is 0 Å². The number of aromatic nitrogens is 2. The van der Waals surface area contributed by atoms with Crippen LogP contribution in [0.3, 0.4) is 0 Å². The maximum atomic E-state index is 10.2. The fourth-order valence-corrected chi connectivity index (χ4v) is 8.93. The van der Waals surface area contributed by atoms with Crippen LogP contribution in [0.1, 0.15) is 5.56 Å². The number of hydrogen-bond donors (Lipinski definition) is 0. The lowest BCUT2D eigenvalue weighted by atomic mass is 9.82. The van der Waals surface area contributed by atoms with Crippen LogP contribution in [0.15, 0.2) is 176 Å². The first-order valence-electron chi connectivity index (χ1n) is 17.9. The van der Waals surface area contributed by atoms with Gasteiger partial charge in [0.15, 0.2) is 0 Å². The van der Waals surface area contributed by atoms with Crippen molar-refractivity contribution in [1.82, 2.24) is 9.55 Å². The molecule has 0 atom stereocenters. The van der Waals surface area contributed by atoms with E-state index in [0.717, 1.165) is 33.1 Å². The predicted octanol–water partition coefficient (Wildman–Crippen LogP) is 13.1. The highest BCUT2D eigenvalue weighted by atomic mass is 15.0. The Labute approximate surface area is 305 Å². The second-order valence-corrected chi connectivity index (χ2v) is 13.7. The monoisotopic (exact) mass is 671 g/mol. The predicted molar refractivity (Wildman–Crippen MR) is 221 cm³/mol. The van der Waals surface area contributed by atoms with E-state index in [2.05, 4.69) is 167 Å². The van der Waals surface area contributed by atoms with Gasteiger partial charge in [-0.3, -0.25) is 4.98 Å². The Balaban J connectivity index is 1.25. The molecule has 0 unspecified atom stereocenters. The van der Waals surface area contributed by atoms with Crippen molar-refractivity contribution in [3.8, 4) is 45.1 Å². The fourth-order valence-electron chi connectivity index (χ4n) is 8.93. The third-order valence-electron chi connectivity index (χ3n) is 11.1. The molecule has 0 aliphatic carbocycles. The number of nitriles is 1. The first-order valence-corrected chi connectivity index (χ1v) is 17.9. The molecule has 0 aliphatic rings. The lowest BCUT2D eigenvalue weighted by Crippen LogP contribution is -1.94. The maximum absolute atomic E-state index is 10.2. The number of hydrogen-bond acceptors (Lipinski definition) is 2. The molecule has 53 heavy (non-hydrogen) atoms. The van der Waals surface area contributed by atoms with E-state index in [4.69, 9.17) is 0 Å². The normalized spacial score (nSPS) is 11.8. The van der Waals surface area contributed by atoms with Crippen molar-refractivity contribution < 1.29 is 0 Å². The number of fused-ring (bicyclic) bond motifs is 3. The maximum Gasteiger partial charge on any atom is 0.0998 e. The van der Waals surface area contributed by atoms with Gasteiger partial charge in [-0.2, -0.15) is 5.26 Å². The summed E-state index contributed by atoms with van der Waals surface area (Å²) < 4.78 is 2.34. The van der Waals surface area contributed by atoms with Gasteiger partial charge in [0.05, 0.1) is 22.7 Å². The highest BCUT2D eigenvalue weighted by molar-refractivity contribution is 6.31. The molecule has 0 bridgehead atoms. The molecule has 2 aromatic heterocycles. The van der Waals surface area contributed by atoms with E-state index in [-0.39, 0.29) is 0 Å². The van der Waals surface area contributed by atoms with Crippen LogP contribution >= 0.6 is 0 Å². The minimum atomic E-state index is 0.693. The van der Waals surface area contributed by atoms with Crippen molar-refractivity contribution in [3.05, 3.63) is 182 Å². The van der Waals surface area contributed by atoms with E-state index in [0.29, 0.717) is 5.56 Å². The van der Waals surface area contributed by atoms with Crippen molar-refractivity contribution in [3.63, 3.8) is 0 Å². The van der Waals surface area contributed by atoms with Gasteiger partial charge in [0.25, 0.3) is 0 Å². The summed E-state index contributed by atoms with van der Waals surface area (Å²) in [5.74, 6) is 0. The van der Waals surface area contributed by atoms with E-state index in [1.807, 2.05) is 24.5 Å². The van der Waals surface area contributed by atoms with Gasteiger partial charge in [-0.1, -0.05) is 127 Å². The summed E-state index contributed by atoms with van der Waals surface area (Å²) >= 11 is 0. The van der Waals surface area contributed by atoms with Gasteiger partial charge in [0, 0.05) is 39.8 Å². The van der Waals surface area contributed by atoms with Gasteiger partial charge in [-0.15, -0.1) is 0 Å². The van der Waals surface area contributed by atoms with E-state index >= 15 is 0 Å². The van der Waals surface area contributed by atoms with Crippen molar-refractivity contribution >= 4 is 64.9 Å². The molecule has 0 radical (unpaired) electrons. The van der Waals surface area contributed by atoms with Crippen LogP contribution in [0.5, 0.6) is 0 Å². The zero-order valence-electron chi connectivity index (χ0n) is 28.6. The zero-order chi connectivity index (χ0) is 35.0. The number of rotatable bonds is 4. The first kappa shape index (κ1) is 29.5. The minimum Gasteiger partial charge on any atom is -0.309 e. The third kappa shape index (κ3) is 4.18. The lowest BCUT2D eigenvalue weighted by Gasteiger charge is -2.20. The number of nitrogens with zero attached hydrogens (tertiary/aromatic N) is 3. The van der Waals surface area contributed by atoms with Crippen molar-refractivity contribution in [2.24, 2.45) is 0 Å². The number of benzene rings is 9. The van der Waals surface area contributed by atoms with Crippen LogP contribution in [0.4, 0.5) is 0 Å². The van der Waals surface area contributed by atoms with Crippen LogP contribution in [-0.4, -0.2) is 9.55 Å². The Morgan fingerprint density at radius 1 is 0.415 bits per heavy atom. The Morgan fingerprint density at radius 3 is 1.55 bits per heavy atom. The SMILES string of the molecule is N#Cc1ccc2c3c1ccc1c(-c4c5ccccc5c(-c5ccc(-c6cccnc6)c6ccccc56)c5ccccc45)ccc(c13)n2-c1ccccc1. The second kappa shape index (κ2) is 11.4. The van der Waals surface area contributed by atoms with Gasteiger partial charge >= 0.3 is 0 Å². The highest BCUT2D eigenvalue weighted by Gasteiger charge is 2.24. The third-order valence-corrected chi connectivity index (χ3v) is 11.1. The topological polar surface area (TPSA) is 41.6 Å². The average molecular weight is 672 g/mol. The van der Waals surface area contributed by atoms with Crippen LogP contribution in [0.25, 0.3) is 104 Å². The van der Waals surface area contributed by atoms with Crippen LogP contribution in [0, 0.1) is 11.3 Å². The molecule has 3 nitrogen and oxygen atoms in total. The molecule has 0 saturated heterocycles. The Hall–Kier alpha value is -7.28. The summed E-state index contributed by atoms with van der Waals surface area (Å²) in [6, 6.07) is 61.2. The molecule has 0 amide bonds. The Morgan fingerprint density at radius 2 is 0.925 bits per heavy atom. The molecule has 0 fully saturated rings. The fraction of sp³-hybridized carbons (Fsp3) is 0. The molecular formula is C50H29N3. The molecular weight excluding hydrogens is 643 g/mol. The molecule has 0 saturated carbocycles. The van der Waals surface area contributed by atoms with E-state index in [9.17, 15) is 5.26 Å². The van der Waals surface area contributed by atoms with Gasteiger partial charge in [0.2, 0.25) is 0 Å². The van der Waals surface area contributed by atoms with E-state index in [1.165, 1.54) is 70.9 Å². The summed E-state index contributed by atoms with van der Waals surface area (Å²) in [5.41, 5.74) is 11.2. The van der Waals surface area contributed by atoms with Crippen molar-refractivity contribution in [2.75, 3.05) is 0 Å². The Kier molecular flexibility index (Phi) is 6.32. The van der Waals surface area contributed by atoms with Crippen molar-refractivity contribution in [2.45, 2.75) is 0 Å². The summed E-state index contributed by atoms with van der Waals surface area (Å²) in [4.78, 5) is 4.43. The smallest absolute Gasteiger partial charge is 0.0998 e. The standard InChI is InChI=1S/C50H29N3/c51-29-31-20-26-45-49-35(31)22-24-44-43(25-27-46(50(44)49)53(45)33-12-2-1-3-13-33)48-40-18-8-6-16-38(40)47(39-17-7-9-19-41(39)48)42-23-21-34(32-11-10-28-52-30-32)36-14-4-5-15-37(36)42/h1-28,30H. The largest absolute Gasteiger partial charge is 0.309 e. The molecule has 11 aromatic rings. The van der Waals surface area contributed by atoms with E-state index < -0.39 is 0 Å². The molecule has 0 N–H and O–H groups in total. The highest BCUT2D eigenvalue weighted by Crippen LogP contribution is 2.49. The summed E-state index contributed by atoms with van der Waals surface area (Å²) in [7, 11) is 0. The second-order valence-electron chi connectivity index (χ2n) is 13.7. The number of para-hydroxylation sites is 1. The van der Waals surface area contributed by atoms with Crippen LogP contribution < -0.4 is 0 Å². The molecule has 9 aromatic carbocycles. The summed E-state index contributed by atoms with van der Waals surface area (Å²) in [5, 5.41) is 21.9.